The Balaban J connectivity index is 1.14. The van der Waals surface area contributed by atoms with Crippen molar-refractivity contribution in [1.82, 2.24) is 0 Å². The molecule has 0 saturated heterocycles. The second-order valence-electron chi connectivity index (χ2n) is 10.6. The lowest BCUT2D eigenvalue weighted by Gasteiger charge is -2.14. The molecule has 0 radical (unpaired) electrons. The third-order valence-electron chi connectivity index (χ3n) is 8.10. The van der Waals surface area contributed by atoms with E-state index in [0.717, 1.165) is 11.4 Å². The van der Waals surface area contributed by atoms with E-state index in [0.29, 0.717) is 0 Å². The molecule has 0 unspecified atom stereocenters. The van der Waals surface area contributed by atoms with Gasteiger partial charge >= 0.3 is 0 Å². The third kappa shape index (κ3) is 4.34. The number of benzene rings is 7. The highest BCUT2D eigenvalue weighted by Crippen LogP contribution is 2.40. The molecule has 198 valence electrons. The summed E-state index contributed by atoms with van der Waals surface area (Å²) in [7, 11) is 0. The van der Waals surface area contributed by atoms with Crippen LogP contribution in [0.25, 0.3) is 64.3 Å². The van der Waals surface area contributed by atoms with Crippen molar-refractivity contribution >= 4 is 53.7 Å². The Hall–Kier alpha value is -5.18. The molecule has 8 rings (SSSR count). The summed E-state index contributed by atoms with van der Waals surface area (Å²) in [6.07, 6.45) is 0. The monoisotopic (exact) mass is 553 g/mol. The van der Waals surface area contributed by atoms with Gasteiger partial charge in [-0.15, -0.1) is 11.3 Å². The topological polar surface area (TPSA) is 12.0 Å². The van der Waals surface area contributed by atoms with Gasteiger partial charge in [-0.2, -0.15) is 0 Å². The van der Waals surface area contributed by atoms with Gasteiger partial charge in [-0.05, 0) is 68.9 Å². The first-order chi connectivity index (χ1) is 20.8. The largest absolute Gasteiger partial charge is 0.355 e. The second-order valence-corrected chi connectivity index (χ2v) is 11.7. The van der Waals surface area contributed by atoms with Crippen molar-refractivity contribution in [2.75, 3.05) is 5.32 Å². The standard InChI is InChI=1S/C40H27NS/c1-2-10-27(11-3-1)33-12-6-8-16-38(33)41-30-21-18-28(19-22-30)31-24-25-32(35-14-5-4-13-34(31)35)29-20-23-37-36-15-7-9-17-39(36)42-40(37)26-29/h1-26,41H. The molecule has 0 fully saturated rings. The van der Waals surface area contributed by atoms with Gasteiger partial charge in [-0.25, -0.2) is 0 Å². The smallest absolute Gasteiger partial charge is 0.0463 e. The quantitative estimate of drug-likeness (QED) is 0.223. The fraction of sp³-hybridized carbons (Fsp3) is 0. The van der Waals surface area contributed by atoms with Gasteiger partial charge in [0.05, 0.1) is 0 Å². The van der Waals surface area contributed by atoms with E-state index in [4.69, 9.17) is 0 Å². The summed E-state index contributed by atoms with van der Waals surface area (Å²) in [6.45, 7) is 0. The van der Waals surface area contributed by atoms with Crippen molar-refractivity contribution in [2.45, 2.75) is 0 Å². The molecule has 0 bridgehead atoms. The summed E-state index contributed by atoms with van der Waals surface area (Å²) in [5.41, 5.74) is 9.54. The Morgan fingerprint density at radius 1 is 0.357 bits per heavy atom. The molecule has 1 aromatic heterocycles. The number of nitrogens with one attached hydrogen (secondary N) is 1. The molecule has 8 aromatic rings. The average molecular weight is 554 g/mol. The minimum absolute atomic E-state index is 1.07. The van der Waals surface area contributed by atoms with Crippen LogP contribution in [0.3, 0.4) is 0 Å². The normalized spacial score (nSPS) is 11.3. The van der Waals surface area contributed by atoms with Crippen molar-refractivity contribution in [2.24, 2.45) is 0 Å². The van der Waals surface area contributed by atoms with Crippen LogP contribution in [0.4, 0.5) is 11.4 Å². The Kier molecular flexibility index (Phi) is 6.05. The van der Waals surface area contributed by atoms with Crippen molar-refractivity contribution < 1.29 is 0 Å². The summed E-state index contributed by atoms with van der Waals surface area (Å²) in [4.78, 5) is 0. The number of hydrogen-bond acceptors (Lipinski definition) is 2. The maximum absolute atomic E-state index is 3.64. The Morgan fingerprint density at radius 3 is 1.71 bits per heavy atom. The summed E-state index contributed by atoms with van der Waals surface area (Å²) in [5, 5.41) is 8.85. The van der Waals surface area contributed by atoms with Gasteiger partial charge in [0.2, 0.25) is 0 Å². The Labute approximate surface area is 249 Å². The van der Waals surface area contributed by atoms with Gasteiger partial charge in [0.1, 0.15) is 0 Å². The first kappa shape index (κ1) is 24.6. The average Bonchev–Trinajstić information content (AvgIpc) is 3.43. The maximum atomic E-state index is 3.64. The van der Waals surface area contributed by atoms with Crippen LogP contribution in [0.1, 0.15) is 0 Å². The summed E-state index contributed by atoms with van der Waals surface area (Å²) in [5.74, 6) is 0. The predicted octanol–water partition coefficient (Wildman–Crippen LogP) is 12.0. The molecule has 0 aliphatic carbocycles. The number of hydrogen-bond donors (Lipinski definition) is 1. The van der Waals surface area contributed by atoms with Gasteiger partial charge in [0, 0.05) is 37.1 Å². The molecule has 1 nitrogen and oxygen atoms in total. The zero-order valence-electron chi connectivity index (χ0n) is 22.9. The lowest BCUT2D eigenvalue weighted by atomic mass is 9.92. The van der Waals surface area contributed by atoms with E-state index in [1.807, 2.05) is 11.3 Å². The molecule has 0 aliphatic rings. The van der Waals surface area contributed by atoms with Crippen LogP contribution in [0.2, 0.25) is 0 Å². The first-order valence-electron chi connectivity index (χ1n) is 14.3. The highest BCUT2D eigenvalue weighted by molar-refractivity contribution is 7.25. The molecular weight excluding hydrogens is 527 g/mol. The summed E-state index contributed by atoms with van der Waals surface area (Å²) < 4.78 is 2.67. The van der Waals surface area contributed by atoms with E-state index in [2.05, 4.69) is 163 Å². The van der Waals surface area contributed by atoms with Crippen LogP contribution in [0.15, 0.2) is 158 Å². The van der Waals surface area contributed by atoms with E-state index < -0.39 is 0 Å². The number of thiophene rings is 1. The van der Waals surface area contributed by atoms with E-state index in [1.165, 1.54) is 64.3 Å². The number of rotatable bonds is 5. The lowest BCUT2D eigenvalue weighted by Crippen LogP contribution is -1.93. The number of para-hydroxylation sites is 1. The lowest BCUT2D eigenvalue weighted by molar-refractivity contribution is 1.53. The van der Waals surface area contributed by atoms with Gasteiger partial charge in [-0.1, -0.05) is 127 Å². The molecule has 1 heterocycles. The fourth-order valence-electron chi connectivity index (χ4n) is 6.05. The highest BCUT2D eigenvalue weighted by atomic mass is 32.1. The fourth-order valence-corrected chi connectivity index (χ4v) is 7.19. The molecule has 7 aromatic carbocycles. The molecule has 42 heavy (non-hydrogen) atoms. The van der Waals surface area contributed by atoms with Crippen LogP contribution in [0, 0.1) is 0 Å². The minimum atomic E-state index is 1.07. The Bertz CT molecular complexity index is 2210. The maximum Gasteiger partial charge on any atom is 0.0463 e. The van der Waals surface area contributed by atoms with Crippen LogP contribution in [-0.2, 0) is 0 Å². The Morgan fingerprint density at radius 2 is 0.929 bits per heavy atom. The molecule has 0 atom stereocenters. The van der Waals surface area contributed by atoms with Crippen molar-refractivity contribution in [1.29, 1.82) is 0 Å². The van der Waals surface area contributed by atoms with E-state index in [1.54, 1.807) is 0 Å². The summed E-state index contributed by atoms with van der Waals surface area (Å²) in [6, 6.07) is 56.7. The molecular formula is C40H27NS. The molecule has 0 saturated carbocycles. The zero-order chi connectivity index (χ0) is 27.9. The van der Waals surface area contributed by atoms with Crippen LogP contribution >= 0.6 is 11.3 Å². The molecule has 1 N–H and O–H groups in total. The van der Waals surface area contributed by atoms with E-state index in [-0.39, 0.29) is 0 Å². The molecule has 2 heteroatoms. The number of anilines is 2. The second kappa shape index (κ2) is 10.3. The third-order valence-corrected chi connectivity index (χ3v) is 9.23. The van der Waals surface area contributed by atoms with Crippen molar-refractivity contribution in [3.63, 3.8) is 0 Å². The van der Waals surface area contributed by atoms with Crippen molar-refractivity contribution in [3.8, 4) is 33.4 Å². The summed E-state index contributed by atoms with van der Waals surface area (Å²) >= 11 is 1.87. The van der Waals surface area contributed by atoms with Gasteiger partial charge in [0.25, 0.3) is 0 Å². The first-order valence-corrected chi connectivity index (χ1v) is 15.1. The number of fused-ring (bicyclic) bond motifs is 4. The van der Waals surface area contributed by atoms with Crippen LogP contribution < -0.4 is 5.32 Å². The molecule has 0 aliphatic heterocycles. The van der Waals surface area contributed by atoms with E-state index in [9.17, 15) is 0 Å². The molecule has 0 amide bonds. The van der Waals surface area contributed by atoms with Gasteiger partial charge in [0.15, 0.2) is 0 Å². The van der Waals surface area contributed by atoms with Crippen molar-refractivity contribution in [3.05, 3.63) is 158 Å². The van der Waals surface area contributed by atoms with Crippen LogP contribution in [0.5, 0.6) is 0 Å². The SMILES string of the molecule is c1ccc(-c2ccccc2Nc2ccc(-c3ccc(-c4ccc5c(c4)sc4ccccc45)c4ccccc34)cc2)cc1. The predicted molar refractivity (Wildman–Crippen MR) is 183 cm³/mol. The zero-order valence-corrected chi connectivity index (χ0v) is 23.7. The molecule has 0 spiro atoms. The highest BCUT2D eigenvalue weighted by Gasteiger charge is 2.12. The van der Waals surface area contributed by atoms with Gasteiger partial charge in [-0.3, -0.25) is 0 Å². The van der Waals surface area contributed by atoms with Gasteiger partial charge < -0.3 is 5.32 Å². The minimum Gasteiger partial charge on any atom is -0.355 e. The van der Waals surface area contributed by atoms with Crippen LogP contribution in [-0.4, -0.2) is 0 Å². The van der Waals surface area contributed by atoms with E-state index >= 15 is 0 Å².